The first-order valence-electron chi connectivity index (χ1n) is 7.97. The summed E-state index contributed by atoms with van der Waals surface area (Å²) in [6, 6.07) is 5.48. The zero-order valence-electron chi connectivity index (χ0n) is 14.5. The van der Waals surface area contributed by atoms with Gasteiger partial charge in [0.15, 0.2) is 18.1 Å². The number of rotatable bonds is 5. The molecule has 0 spiro atoms. The van der Waals surface area contributed by atoms with Crippen molar-refractivity contribution in [1.29, 1.82) is 0 Å². The minimum atomic E-state index is -0.748. The standard InChI is InChI=1S/C17H19N3O6/c1-10-15(16(18)26-19-10)17(22)25-9-14(21)20(2)8-11-3-4-12-13(7-11)24-6-5-23-12/h3-4,7H,5-6,8-9,18H2,1-2H3. The third kappa shape index (κ3) is 3.71. The summed E-state index contributed by atoms with van der Waals surface area (Å²) in [6.45, 7) is 2.50. The minimum absolute atomic E-state index is 0.0345. The number of fused-ring (bicyclic) bond motifs is 1. The Morgan fingerprint density at radius 1 is 1.27 bits per heavy atom. The first kappa shape index (κ1) is 17.6. The molecule has 1 aromatic carbocycles. The predicted octanol–water partition coefficient (Wildman–Crippen LogP) is 1.15. The average molecular weight is 361 g/mol. The van der Waals surface area contributed by atoms with Crippen LogP contribution in [0.2, 0.25) is 0 Å². The lowest BCUT2D eigenvalue weighted by molar-refractivity contribution is -0.133. The normalized spacial score (nSPS) is 12.5. The van der Waals surface area contributed by atoms with Crippen LogP contribution in [0, 0.1) is 6.92 Å². The number of nitrogens with two attached hydrogens (primary N) is 1. The van der Waals surface area contributed by atoms with E-state index < -0.39 is 12.6 Å². The van der Waals surface area contributed by atoms with Crippen molar-refractivity contribution >= 4 is 17.8 Å². The van der Waals surface area contributed by atoms with Gasteiger partial charge in [0, 0.05) is 13.6 Å². The van der Waals surface area contributed by atoms with Gasteiger partial charge in [0.25, 0.3) is 5.91 Å². The van der Waals surface area contributed by atoms with Gasteiger partial charge in [0.05, 0.1) is 5.69 Å². The summed E-state index contributed by atoms with van der Waals surface area (Å²) in [6.07, 6.45) is 0. The minimum Gasteiger partial charge on any atom is -0.486 e. The van der Waals surface area contributed by atoms with E-state index in [1.165, 1.54) is 4.90 Å². The molecule has 0 aliphatic carbocycles. The highest BCUT2D eigenvalue weighted by atomic mass is 16.6. The third-order valence-corrected chi connectivity index (χ3v) is 3.87. The molecule has 0 bridgehead atoms. The van der Waals surface area contributed by atoms with Gasteiger partial charge in [-0.2, -0.15) is 0 Å². The van der Waals surface area contributed by atoms with E-state index in [0.717, 1.165) is 5.56 Å². The fraction of sp³-hybridized carbons (Fsp3) is 0.353. The number of esters is 1. The fourth-order valence-corrected chi connectivity index (χ4v) is 2.49. The zero-order valence-corrected chi connectivity index (χ0v) is 14.5. The molecule has 0 fully saturated rings. The number of hydrogen-bond acceptors (Lipinski definition) is 8. The quantitative estimate of drug-likeness (QED) is 0.788. The van der Waals surface area contributed by atoms with Crippen molar-refractivity contribution in [3.05, 3.63) is 35.0 Å². The number of nitrogens with zero attached hydrogens (tertiary/aromatic N) is 2. The Bertz CT molecular complexity index is 812. The van der Waals surface area contributed by atoms with Gasteiger partial charge in [0.2, 0.25) is 5.88 Å². The average Bonchev–Trinajstić information content (AvgIpc) is 2.97. The molecule has 0 atom stereocenters. The van der Waals surface area contributed by atoms with Crippen LogP contribution in [0.3, 0.4) is 0 Å². The molecule has 1 aliphatic heterocycles. The van der Waals surface area contributed by atoms with E-state index in [2.05, 4.69) is 5.16 Å². The molecule has 1 amide bonds. The van der Waals surface area contributed by atoms with E-state index in [1.807, 2.05) is 12.1 Å². The number of benzene rings is 1. The summed E-state index contributed by atoms with van der Waals surface area (Å²) < 4.78 is 20.7. The summed E-state index contributed by atoms with van der Waals surface area (Å²) in [4.78, 5) is 25.6. The molecule has 0 saturated carbocycles. The second kappa shape index (κ2) is 7.34. The number of likely N-dealkylation sites (N-methyl/N-ethyl adjacent to an activating group) is 1. The maximum atomic E-state index is 12.2. The second-order valence-electron chi connectivity index (χ2n) is 5.81. The summed E-state index contributed by atoms with van der Waals surface area (Å²) in [5.41, 5.74) is 6.73. The van der Waals surface area contributed by atoms with E-state index in [-0.39, 0.29) is 17.4 Å². The number of amides is 1. The Labute approximate surface area is 149 Å². The number of nitrogen functional groups attached to an aromatic ring is 1. The Kier molecular flexibility index (Phi) is 4.97. The van der Waals surface area contributed by atoms with Crippen LogP contribution in [-0.4, -0.2) is 48.8 Å². The number of aromatic nitrogens is 1. The lowest BCUT2D eigenvalue weighted by Gasteiger charge is -2.21. The number of anilines is 1. The highest BCUT2D eigenvalue weighted by molar-refractivity contribution is 5.96. The topological polar surface area (TPSA) is 117 Å². The summed E-state index contributed by atoms with van der Waals surface area (Å²) in [5.74, 6) is 0.0943. The smallest absolute Gasteiger partial charge is 0.346 e. The first-order chi connectivity index (χ1) is 12.5. The molecule has 1 aliphatic rings. The molecule has 9 heteroatoms. The molecule has 0 radical (unpaired) electrons. The molecule has 3 rings (SSSR count). The molecule has 0 unspecified atom stereocenters. The van der Waals surface area contributed by atoms with Crippen molar-refractivity contribution < 1.29 is 28.3 Å². The van der Waals surface area contributed by atoms with Crippen LogP contribution in [0.4, 0.5) is 5.88 Å². The van der Waals surface area contributed by atoms with Gasteiger partial charge in [-0.15, -0.1) is 0 Å². The molecule has 2 N–H and O–H groups in total. The van der Waals surface area contributed by atoms with Gasteiger partial charge in [-0.1, -0.05) is 11.2 Å². The van der Waals surface area contributed by atoms with Gasteiger partial charge in [-0.3, -0.25) is 4.79 Å². The van der Waals surface area contributed by atoms with Crippen LogP contribution in [0.15, 0.2) is 22.7 Å². The van der Waals surface area contributed by atoms with Crippen LogP contribution in [0.1, 0.15) is 21.6 Å². The van der Waals surface area contributed by atoms with Crippen molar-refractivity contribution in [3.8, 4) is 11.5 Å². The number of carbonyl (C=O) groups excluding carboxylic acids is 2. The van der Waals surface area contributed by atoms with Crippen LogP contribution in [0.25, 0.3) is 0 Å². The highest BCUT2D eigenvalue weighted by Gasteiger charge is 2.22. The molecular weight excluding hydrogens is 342 g/mol. The molecule has 2 aromatic rings. The van der Waals surface area contributed by atoms with Crippen LogP contribution < -0.4 is 15.2 Å². The van der Waals surface area contributed by atoms with Crippen molar-refractivity contribution in [2.75, 3.05) is 32.6 Å². The summed E-state index contributed by atoms with van der Waals surface area (Å²) in [5, 5.41) is 3.57. The van der Waals surface area contributed by atoms with E-state index in [4.69, 9.17) is 24.5 Å². The van der Waals surface area contributed by atoms with Crippen molar-refractivity contribution in [3.63, 3.8) is 0 Å². The number of carbonyl (C=O) groups is 2. The van der Waals surface area contributed by atoms with Gasteiger partial charge < -0.3 is 29.4 Å². The van der Waals surface area contributed by atoms with Crippen molar-refractivity contribution in [2.45, 2.75) is 13.5 Å². The van der Waals surface area contributed by atoms with Crippen LogP contribution in [0.5, 0.6) is 11.5 Å². The molecular formula is C17H19N3O6. The Morgan fingerprint density at radius 3 is 2.69 bits per heavy atom. The molecule has 9 nitrogen and oxygen atoms in total. The lowest BCUT2D eigenvalue weighted by Crippen LogP contribution is -2.31. The predicted molar refractivity (Wildman–Crippen MR) is 89.8 cm³/mol. The van der Waals surface area contributed by atoms with E-state index in [9.17, 15) is 9.59 Å². The van der Waals surface area contributed by atoms with Crippen molar-refractivity contribution in [1.82, 2.24) is 10.1 Å². The zero-order chi connectivity index (χ0) is 18.7. The molecule has 138 valence electrons. The van der Waals surface area contributed by atoms with Gasteiger partial charge >= 0.3 is 5.97 Å². The maximum Gasteiger partial charge on any atom is 0.346 e. The fourth-order valence-electron chi connectivity index (χ4n) is 2.49. The largest absolute Gasteiger partial charge is 0.486 e. The van der Waals surface area contributed by atoms with E-state index in [0.29, 0.717) is 37.0 Å². The molecule has 1 aromatic heterocycles. The molecule has 26 heavy (non-hydrogen) atoms. The van der Waals surface area contributed by atoms with E-state index in [1.54, 1.807) is 20.0 Å². The molecule has 2 heterocycles. The van der Waals surface area contributed by atoms with Gasteiger partial charge in [-0.05, 0) is 24.6 Å². The van der Waals surface area contributed by atoms with Gasteiger partial charge in [-0.25, -0.2) is 4.79 Å². The number of ether oxygens (including phenoxy) is 3. The Hall–Kier alpha value is -3.23. The Balaban J connectivity index is 1.56. The second-order valence-corrected chi connectivity index (χ2v) is 5.81. The number of aryl methyl sites for hydroxylation is 1. The van der Waals surface area contributed by atoms with Gasteiger partial charge in [0.1, 0.15) is 18.8 Å². The summed E-state index contributed by atoms with van der Waals surface area (Å²) in [7, 11) is 1.62. The van der Waals surface area contributed by atoms with E-state index >= 15 is 0 Å². The van der Waals surface area contributed by atoms with Crippen LogP contribution >= 0.6 is 0 Å². The third-order valence-electron chi connectivity index (χ3n) is 3.87. The Morgan fingerprint density at radius 2 is 2.00 bits per heavy atom. The maximum absolute atomic E-state index is 12.2. The number of hydrogen-bond donors (Lipinski definition) is 1. The highest BCUT2D eigenvalue weighted by Crippen LogP contribution is 2.31. The van der Waals surface area contributed by atoms with Crippen LogP contribution in [-0.2, 0) is 16.1 Å². The first-order valence-corrected chi connectivity index (χ1v) is 7.97. The molecule has 0 saturated heterocycles. The SMILES string of the molecule is Cc1noc(N)c1C(=O)OCC(=O)N(C)Cc1ccc2c(c1)OCCO2. The summed E-state index contributed by atoms with van der Waals surface area (Å²) >= 11 is 0. The van der Waals surface area contributed by atoms with Crippen molar-refractivity contribution in [2.24, 2.45) is 0 Å². The monoisotopic (exact) mass is 361 g/mol. The lowest BCUT2D eigenvalue weighted by atomic mass is 10.2.